The Kier molecular flexibility index (Phi) is 4.22. The van der Waals surface area contributed by atoms with Crippen LogP contribution in [0.1, 0.15) is 15.2 Å². The van der Waals surface area contributed by atoms with Gasteiger partial charge in [-0.05, 0) is 24.3 Å². The van der Waals surface area contributed by atoms with Crippen molar-refractivity contribution >= 4 is 39.4 Å². The summed E-state index contributed by atoms with van der Waals surface area (Å²) in [5.41, 5.74) is 9.19. The third-order valence-corrected chi connectivity index (χ3v) is 4.11. The summed E-state index contributed by atoms with van der Waals surface area (Å²) < 4.78 is 0. The predicted octanol–water partition coefficient (Wildman–Crippen LogP) is 3.61. The third kappa shape index (κ3) is 3.31. The third-order valence-electron chi connectivity index (χ3n) is 3.13. The molecule has 0 spiro atoms. The molecule has 0 amide bonds. The molecule has 6 nitrogen and oxygen atoms in total. The molecule has 0 aliphatic carbocycles. The van der Waals surface area contributed by atoms with E-state index in [0.29, 0.717) is 21.3 Å². The number of nitrogen functional groups attached to an aromatic ring is 1. The molecule has 116 valence electrons. The van der Waals surface area contributed by atoms with Crippen LogP contribution in [0.2, 0.25) is 0 Å². The van der Waals surface area contributed by atoms with Gasteiger partial charge in [-0.3, -0.25) is 4.79 Å². The number of hydrogen-bond donors (Lipinski definition) is 3. The fourth-order valence-electron chi connectivity index (χ4n) is 2.05. The molecule has 0 fully saturated rings. The van der Waals surface area contributed by atoms with Crippen LogP contribution in [-0.4, -0.2) is 10.8 Å². The zero-order chi connectivity index (χ0) is 16.2. The van der Waals surface area contributed by atoms with Gasteiger partial charge in [0.15, 0.2) is 5.13 Å². The summed E-state index contributed by atoms with van der Waals surface area (Å²) in [6.07, 6.45) is 0. The van der Waals surface area contributed by atoms with Crippen LogP contribution < -0.4 is 16.5 Å². The average Bonchev–Trinajstić information content (AvgIpc) is 2.95. The van der Waals surface area contributed by atoms with Crippen molar-refractivity contribution in [1.82, 2.24) is 4.98 Å². The Balaban J connectivity index is 1.86. The first-order valence-corrected chi connectivity index (χ1v) is 7.60. The molecule has 4 N–H and O–H groups in total. The van der Waals surface area contributed by atoms with Gasteiger partial charge < -0.3 is 21.7 Å². The summed E-state index contributed by atoms with van der Waals surface area (Å²) in [6, 6.07) is 15.8. The Hall–Kier alpha value is -2.90. The first-order valence-electron chi connectivity index (χ1n) is 6.78. The normalized spacial score (nSPS) is 10.3. The summed E-state index contributed by atoms with van der Waals surface area (Å²) in [4.78, 5) is 17.1. The highest BCUT2D eigenvalue weighted by atomic mass is 32.1. The molecule has 2 aromatic carbocycles. The van der Waals surface area contributed by atoms with Crippen LogP contribution in [0.3, 0.4) is 0 Å². The number of benzene rings is 2. The van der Waals surface area contributed by atoms with Crippen molar-refractivity contribution in [2.75, 3.05) is 16.5 Å². The minimum Gasteiger partial charge on any atom is -0.761 e. The van der Waals surface area contributed by atoms with Gasteiger partial charge in [-0.15, -0.1) is 0 Å². The van der Waals surface area contributed by atoms with Crippen LogP contribution in [-0.2, 0) is 0 Å². The average molecular weight is 325 g/mol. The summed E-state index contributed by atoms with van der Waals surface area (Å²) >= 11 is 1.18. The Labute approximate surface area is 136 Å². The molecule has 7 heteroatoms. The van der Waals surface area contributed by atoms with Crippen LogP contribution in [0.5, 0.6) is 0 Å². The van der Waals surface area contributed by atoms with E-state index in [1.165, 1.54) is 17.4 Å². The lowest BCUT2D eigenvalue weighted by molar-refractivity contribution is 0.104. The Morgan fingerprint density at radius 2 is 1.83 bits per heavy atom. The standard InChI is InChI=1S/C16H13N4O2S/c17-15-14(13(21)10-5-4-8-12(9-10)20-22)23-16(19-15)18-11-6-2-1-3-7-11/h1-9,20H,17H2,(H,18,19)/q-1. The lowest BCUT2D eigenvalue weighted by Crippen LogP contribution is -2.03. The van der Waals surface area contributed by atoms with Gasteiger partial charge in [-0.1, -0.05) is 41.7 Å². The molecule has 0 atom stereocenters. The molecule has 3 aromatic rings. The topological polar surface area (TPSA) is 103 Å². The molecule has 1 aromatic heterocycles. The van der Waals surface area contributed by atoms with Crippen molar-refractivity contribution in [3.8, 4) is 0 Å². The quantitative estimate of drug-likeness (QED) is 0.489. The fraction of sp³-hybridized carbons (Fsp3) is 0. The maximum Gasteiger partial charge on any atom is 0.206 e. The van der Waals surface area contributed by atoms with E-state index in [1.54, 1.807) is 23.7 Å². The predicted molar refractivity (Wildman–Crippen MR) is 93.1 cm³/mol. The van der Waals surface area contributed by atoms with E-state index in [2.05, 4.69) is 10.3 Å². The number of aromatic nitrogens is 1. The number of para-hydroxylation sites is 1. The van der Waals surface area contributed by atoms with Crippen molar-refractivity contribution in [3.63, 3.8) is 0 Å². The summed E-state index contributed by atoms with van der Waals surface area (Å²) in [7, 11) is 0. The zero-order valence-corrected chi connectivity index (χ0v) is 12.8. The van der Waals surface area contributed by atoms with Gasteiger partial charge >= 0.3 is 0 Å². The second-order valence-electron chi connectivity index (χ2n) is 4.74. The number of nitrogens with one attached hydrogen (secondary N) is 2. The highest BCUT2D eigenvalue weighted by Crippen LogP contribution is 2.30. The molecule has 0 saturated carbocycles. The Morgan fingerprint density at radius 3 is 2.57 bits per heavy atom. The van der Waals surface area contributed by atoms with Gasteiger partial charge in [0.25, 0.3) is 0 Å². The Morgan fingerprint density at radius 1 is 1.09 bits per heavy atom. The smallest absolute Gasteiger partial charge is 0.206 e. The first-order chi connectivity index (χ1) is 11.2. The number of carbonyl (C=O) groups is 1. The number of nitrogens with two attached hydrogens (primary N) is 1. The van der Waals surface area contributed by atoms with Gasteiger partial charge in [-0.25, -0.2) is 4.98 Å². The maximum atomic E-state index is 12.5. The molecular weight excluding hydrogens is 312 g/mol. The Bertz CT molecular complexity index is 833. The molecule has 1 heterocycles. The number of anilines is 4. The van der Waals surface area contributed by atoms with E-state index >= 15 is 0 Å². The number of thiazole rings is 1. The first kappa shape index (κ1) is 15.0. The van der Waals surface area contributed by atoms with E-state index in [9.17, 15) is 10.0 Å². The van der Waals surface area contributed by atoms with Gasteiger partial charge in [0.1, 0.15) is 10.7 Å². The summed E-state index contributed by atoms with van der Waals surface area (Å²) in [6.45, 7) is 0. The van der Waals surface area contributed by atoms with Crippen molar-refractivity contribution in [2.45, 2.75) is 0 Å². The van der Waals surface area contributed by atoms with Crippen LogP contribution in [0, 0.1) is 5.21 Å². The van der Waals surface area contributed by atoms with Crippen LogP contribution >= 0.6 is 11.3 Å². The van der Waals surface area contributed by atoms with Crippen LogP contribution in [0.15, 0.2) is 54.6 Å². The lowest BCUT2D eigenvalue weighted by Gasteiger charge is -2.09. The summed E-state index contributed by atoms with van der Waals surface area (Å²) in [5.74, 6) is -0.0999. The highest BCUT2D eigenvalue weighted by Gasteiger charge is 2.18. The van der Waals surface area contributed by atoms with Crippen molar-refractivity contribution in [2.24, 2.45) is 0 Å². The largest absolute Gasteiger partial charge is 0.761 e. The molecule has 0 saturated heterocycles. The van der Waals surface area contributed by atoms with Crippen molar-refractivity contribution in [3.05, 3.63) is 70.2 Å². The number of ketones is 1. The molecular formula is C16H13N4O2S-. The molecule has 23 heavy (non-hydrogen) atoms. The van der Waals surface area contributed by atoms with Crippen LogP contribution in [0.25, 0.3) is 0 Å². The minimum atomic E-state index is -0.266. The number of carbonyl (C=O) groups excluding carboxylic acids is 1. The molecule has 3 rings (SSSR count). The zero-order valence-electron chi connectivity index (χ0n) is 11.9. The van der Waals surface area contributed by atoms with E-state index in [0.717, 1.165) is 5.69 Å². The van der Waals surface area contributed by atoms with Crippen molar-refractivity contribution in [1.29, 1.82) is 0 Å². The van der Waals surface area contributed by atoms with Crippen molar-refractivity contribution < 1.29 is 4.79 Å². The van der Waals surface area contributed by atoms with Gasteiger partial charge in [0, 0.05) is 16.9 Å². The van der Waals surface area contributed by atoms with E-state index < -0.39 is 0 Å². The molecule has 0 aliphatic rings. The minimum absolute atomic E-state index is 0.166. The molecule has 0 aliphatic heterocycles. The molecule has 0 radical (unpaired) electrons. The number of nitrogens with zero attached hydrogens (tertiary/aromatic N) is 1. The van der Waals surface area contributed by atoms with Gasteiger partial charge in [0.2, 0.25) is 5.78 Å². The number of rotatable bonds is 5. The SMILES string of the molecule is Nc1nc(Nc2ccccc2)sc1C(=O)c1cccc(N[O-])c1. The maximum absolute atomic E-state index is 12.5. The van der Waals surface area contributed by atoms with Gasteiger partial charge in [0.05, 0.1) is 0 Å². The molecule has 0 bridgehead atoms. The van der Waals surface area contributed by atoms with E-state index in [4.69, 9.17) is 5.73 Å². The lowest BCUT2D eigenvalue weighted by atomic mass is 10.1. The number of hydrogen-bond acceptors (Lipinski definition) is 7. The van der Waals surface area contributed by atoms with Gasteiger partial charge in [-0.2, -0.15) is 0 Å². The van der Waals surface area contributed by atoms with Crippen LogP contribution in [0.4, 0.5) is 22.3 Å². The molecule has 0 unspecified atom stereocenters. The fourth-order valence-corrected chi connectivity index (χ4v) is 2.92. The summed E-state index contributed by atoms with van der Waals surface area (Å²) in [5, 5.41) is 14.4. The van der Waals surface area contributed by atoms with E-state index in [1.807, 2.05) is 30.3 Å². The monoisotopic (exact) mass is 325 g/mol. The highest BCUT2D eigenvalue weighted by molar-refractivity contribution is 7.18. The second kappa shape index (κ2) is 6.47. The van der Waals surface area contributed by atoms with E-state index in [-0.39, 0.29) is 11.6 Å². The second-order valence-corrected chi connectivity index (χ2v) is 5.74.